The second-order valence-electron chi connectivity index (χ2n) is 5.94. The molecule has 0 saturated carbocycles. The van der Waals surface area contributed by atoms with Crippen LogP contribution in [0.1, 0.15) is 12.1 Å². The minimum absolute atomic E-state index is 0.140. The van der Waals surface area contributed by atoms with Crippen molar-refractivity contribution in [3.05, 3.63) is 53.1 Å². The van der Waals surface area contributed by atoms with E-state index in [9.17, 15) is 4.79 Å². The molecule has 9 heteroatoms. The van der Waals surface area contributed by atoms with Crippen molar-refractivity contribution in [3.8, 4) is 5.69 Å². The minimum Gasteiger partial charge on any atom is -0.444 e. The van der Waals surface area contributed by atoms with Crippen molar-refractivity contribution < 1.29 is 9.53 Å². The Bertz CT molecular complexity index is 851. The molecule has 26 heavy (non-hydrogen) atoms. The Balaban J connectivity index is 1.25. The van der Waals surface area contributed by atoms with E-state index in [0.717, 1.165) is 24.5 Å². The first kappa shape index (κ1) is 16.5. The van der Waals surface area contributed by atoms with Crippen molar-refractivity contribution in [1.29, 1.82) is 0 Å². The summed E-state index contributed by atoms with van der Waals surface area (Å²) in [7, 11) is 0. The third kappa shape index (κ3) is 3.83. The normalized spacial score (nSPS) is 16.6. The highest BCUT2D eigenvalue weighted by Gasteiger charge is 2.26. The lowest BCUT2D eigenvalue weighted by Crippen LogP contribution is -2.31. The maximum Gasteiger partial charge on any atom is 0.407 e. The van der Waals surface area contributed by atoms with Crippen LogP contribution in [-0.2, 0) is 11.3 Å². The molecule has 8 nitrogen and oxygen atoms in total. The van der Waals surface area contributed by atoms with Gasteiger partial charge in [0, 0.05) is 24.5 Å². The van der Waals surface area contributed by atoms with Crippen LogP contribution in [0.4, 0.5) is 10.6 Å². The molecule has 1 atom stereocenters. The van der Waals surface area contributed by atoms with Crippen LogP contribution in [0.15, 0.2) is 47.4 Å². The van der Waals surface area contributed by atoms with Crippen LogP contribution < -0.4 is 10.2 Å². The summed E-state index contributed by atoms with van der Waals surface area (Å²) in [5.41, 5.74) is 1.63. The van der Waals surface area contributed by atoms with Gasteiger partial charge in [-0.15, -0.1) is 5.10 Å². The number of rotatable bonds is 5. The second-order valence-corrected chi connectivity index (χ2v) is 6.72. The van der Waals surface area contributed by atoms with Crippen molar-refractivity contribution in [3.63, 3.8) is 0 Å². The lowest BCUT2D eigenvalue weighted by Gasteiger charge is -2.17. The first-order valence-electron chi connectivity index (χ1n) is 8.32. The van der Waals surface area contributed by atoms with Crippen LogP contribution in [0.5, 0.6) is 0 Å². The fourth-order valence-corrected chi connectivity index (χ4v) is 3.44. The van der Waals surface area contributed by atoms with E-state index in [2.05, 4.69) is 25.5 Å². The van der Waals surface area contributed by atoms with Gasteiger partial charge in [-0.3, -0.25) is 0 Å². The first-order chi connectivity index (χ1) is 12.8. The van der Waals surface area contributed by atoms with Crippen molar-refractivity contribution in [1.82, 2.24) is 25.3 Å². The molecule has 134 valence electrons. The number of amides is 1. The average molecular weight is 370 g/mol. The molecule has 1 aliphatic rings. The number of anilines is 1. The number of nitrogens with zero attached hydrogens (tertiary/aromatic N) is 5. The second kappa shape index (κ2) is 7.52. The van der Waals surface area contributed by atoms with Crippen molar-refractivity contribution in [2.45, 2.75) is 19.1 Å². The molecule has 3 aromatic rings. The average Bonchev–Trinajstić information content (AvgIpc) is 3.41. The zero-order valence-corrected chi connectivity index (χ0v) is 14.8. The van der Waals surface area contributed by atoms with Crippen molar-refractivity contribution in [2.75, 3.05) is 18.0 Å². The zero-order chi connectivity index (χ0) is 17.8. The van der Waals surface area contributed by atoms with Gasteiger partial charge < -0.3 is 15.0 Å². The fourth-order valence-electron chi connectivity index (χ4n) is 2.82. The van der Waals surface area contributed by atoms with Crippen LogP contribution in [0.2, 0.25) is 0 Å². The molecule has 1 aliphatic heterocycles. The highest BCUT2D eigenvalue weighted by molar-refractivity contribution is 7.08. The summed E-state index contributed by atoms with van der Waals surface area (Å²) in [5, 5.41) is 14.8. The standard InChI is InChI=1S/C17H18N6O2S/c24-17(19-9-13-10-23(21-20-13)14-5-8-26-12-14)25-15-4-7-22(11-15)16-3-1-2-6-18-16/h1-3,5-6,8,10,12,15H,4,7,9,11H2,(H,19,24). The summed E-state index contributed by atoms with van der Waals surface area (Å²) < 4.78 is 7.17. The Morgan fingerprint density at radius 2 is 2.35 bits per heavy atom. The SMILES string of the molecule is O=C(NCc1cn(-c2ccsc2)nn1)OC1CCN(c2ccccn2)C1. The molecule has 1 fully saturated rings. The fraction of sp³-hybridized carbons (Fsp3) is 0.294. The van der Waals surface area contributed by atoms with Crippen LogP contribution in [0.25, 0.3) is 5.69 Å². The number of aromatic nitrogens is 4. The molecule has 0 aliphatic carbocycles. The lowest BCUT2D eigenvalue weighted by atomic mass is 10.3. The van der Waals surface area contributed by atoms with Gasteiger partial charge in [-0.05, 0) is 23.6 Å². The Labute approximate surface area is 154 Å². The Morgan fingerprint density at radius 1 is 1.38 bits per heavy atom. The molecule has 1 unspecified atom stereocenters. The highest BCUT2D eigenvalue weighted by atomic mass is 32.1. The lowest BCUT2D eigenvalue weighted by molar-refractivity contribution is 0.107. The number of thiophene rings is 1. The highest BCUT2D eigenvalue weighted by Crippen LogP contribution is 2.19. The summed E-state index contributed by atoms with van der Waals surface area (Å²) in [6.45, 7) is 1.75. The maximum atomic E-state index is 12.0. The molecular formula is C17H18N6O2S. The number of hydrogen-bond acceptors (Lipinski definition) is 7. The van der Waals surface area contributed by atoms with Gasteiger partial charge >= 0.3 is 6.09 Å². The smallest absolute Gasteiger partial charge is 0.407 e. The summed E-state index contributed by atoms with van der Waals surface area (Å²) in [6, 6.07) is 7.75. The summed E-state index contributed by atoms with van der Waals surface area (Å²) in [5.74, 6) is 0.907. The van der Waals surface area contributed by atoms with Crippen molar-refractivity contribution >= 4 is 23.2 Å². The van der Waals surface area contributed by atoms with Crippen molar-refractivity contribution in [2.24, 2.45) is 0 Å². The molecule has 1 saturated heterocycles. The van der Waals surface area contributed by atoms with Crippen LogP contribution >= 0.6 is 11.3 Å². The summed E-state index contributed by atoms with van der Waals surface area (Å²) in [4.78, 5) is 18.5. The van der Waals surface area contributed by atoms with E-state index in [1.54, 1.807) is 28.4 Å². The van der Waals surface area contributed by atoms with Gasteiger partial charge in [-0.2, -0.15) is 11.3 Å². The molecule has 0 radical (unpaired) electrons. The largest absolute Gasteiger partial charge is 0.444 e. The van der Waals surface area contributed by atoms with Gasteiger partial charge in [-0.25, -0.2) is 14.5 Å². The maximum absolute atomic E-state index is 12.0. The molecular weight excluding hydrogens is 352 g/mol. The number of alkyl carbamates (subject to hydrolysis) is 1. The number of hydrogen-bond donors (Lipinski definition) is 1. The van der Waals surface area contributed by atoms with Crippen LogP contribution in [0.3, 0.4) is 0 Å². The van der Waals surface area contributed by atoms with E-state index in [4.69, 9.17) is 4.74 Å². The predicted molar refractivity (Wildman–Crippen MR) is 97.4 cm³/mol. The molecule has 1 amide bonds. The number of pyridine rings is 1. The van der Waals surface area contributed by atoms with Gasteiger partial charge in [0.25, 0.3) is 0 Å². The van der Waals surface area contributed by atoms with Crippen LogP contribution in [0, 0.1) is 0 Å². The molecule has 0 bridgehead atoms. The number of carbonyl (C=O) groups excluding carboxylic acids is 1. The molecule has 1 N–H and O–H groups in total. The van der Waals surface area contributed by atoms with E-state index in [0.29, 0.717) is 12.2 Å². The van der Waals surface area contributed by atoms with E-state index >= 15 is 0 Å². The Kier molecular flexibility index (Phi) is 4.78. The molecule has 4 rings (SSSR count). The third-order valence-electron chi connectivity index (χ3n) is 4.12. The van der Waals surface area contributed by atoms with E-state index in [-0.39, 0.29) is 12.6 Å². The van der Waals surface area contributed by atoms with Gasteiger partial charge in [0.2, 0.25) is 0 Å². The summed E-state index contributed by atoms with van der Waals surface area (Å²) >= 11 is 1.59. The number of nitrogens with one attached hydrogen (secondary N) is 1. The quantitative estimate of drug-likeness (QED) is 0.741. The minimum atomic E-state index is -0.442. The van der Waals surface area contributed by atoms with Gasteiger partial charge in [-0.1, -0.05) is 11.3 Å². The summed E-state index contributed by atoms with van der Waals surface area (Å²) in [6.07, 6.45) is 3.76. The number of ether oxygens (including phenoxy) is 1. The third-order valence-corrected chi connectivity index (χ3v) is 4.79. The van der Waals surface area contributed by atoms with Gasteiger partial charge in [0.05, 0.1) is 25.0 Å². The van der Waals surface area contributed by atoms with Gasteiger partial charge in [0.15, 0.2) is 0 Å². The monoisotopic (exact) mass is 370 g/mol. The molecule has 0 aromatic carbocycles. The molecule has 3 aromatic heterocycles. The Morgan fingerprint density at radius 3 is 3.15 bits per heavy atom. The topological polar surface area (TPSA) is 85.2 Å². The predicted octanol–water partition coefficient (Wildman–Crippen LogP) is 2.23. The molecule has 4 heterocycles. The van der Waals surface area contributed by atoms with E-state index in [1.807, 2.05) is 35.0 Å². The van der Waals surface area contributed by atoms with E-state index < -0.39 is 6.09 Å². The Hall–Kier alpha value is -2.94. The first-order valence-corrected chi connectivity index (χ1v) is 9.26. The number of carbonyl (C=O) groups is 1. The van der Waals surface area contributed by atoms with Crippen LogP contribution in [-0.4, -0.2) is 45.3 Å². The van der Waals surface area contributed by atoms with E-state index in [1.165, 1.54) is 0 Å². The van der Waals surface area contributed by atoms with Gasteiger partial charge in [0.1, 0.15) is 17.6 Å². The molecule has 0 spiro atoms. The zero-order valence-electron chi connectivity index (χ0n) is 14.0.